The molecule has 25 heavy (non-hydrogen) atoms. The van der Waals surface area contributed by atoms with Crippen LogP contribution in [0.1, 0.15) is 16.8 Å². The molecule has 1 aliphatic rings. The second kappa shape index (κ2) is 6.87. The molecule has 4 rings (SSSR count). The Morgan fingerprint density at radius 3 is 2.68 bits per heavy atom. The van der Waals surface area contributed by atoms with Gasteiger partial charge in [0.05, 0.1) is 16.4 Å². The van der Waals surface area contributed by atoms with Crippen molar-refractivity contribution < 1.29 is 4.39 Å². The molecule has 0 atom stereocenters. The Bertz CT molecular complexity index is 964. The van der Waals surface area contributed by atoms with Gasteiger partial charge in [0, 0.05) is 22.1 Å². The first-order valence-electron chi connectivity index (χ1n) is 7.61. The number of nitrogens with zero attached hydrogens (tertiary/aromatic N) is 2. The van der Waals surface area contributed by atoms with Crippen LogP contribution in [0.15, 0.2) is 42.5 Å². The zero-order valence-electron chi connectivity index (χ0n) is 13.0. The van der Waals surface area contributed by atoms with E-state index in [9.17, 15) is 4.39 Å². The topological polar surface area (TPSA) is 17.8 Å². The van der Waals surface area contributed by atoms with Crippen molar-refractivity contribution >= 4 is 46.6 Å². The van der Waals surface area contributed by atoms with E-state index < -0.39 is 0 Å². The summed E-state index contributed by atoms with van der Waals surface area (Å²) >= 11 is 14.2. The van der Waals surface area contributed by atoms with Crippen LogP contribution >= 0.6 is 35.0 Å². The van der Waals surface area contributed by atoms with Gasteiger partial charge in [0.1, 0.15) is 12.0 Å². The molecule has 2 heterocycles. The van der Waals surface area contributed by atoms with Crippen molar-refractivity contribution in [3.8, 4) is 5.69 Å². The molecule has 2 nitrogen and oxygen atoms in total. The second-order valence-electron chi connectivity index (χ2n) is 5.66. The first-order chi connectivity index (χ1) is 12.1. The SMILES string of the molecule is Fc1ccc(C=C2CSCc3[c]nn(-c4ccc(Cl)cc4Cl)c32)cc1. The standard InChI is InChI=1S/C19H12Cl2FN2S/c20-15-3-6-18(17(21)8-15)24-19-13(10-25-11-14(19)9-23-24)7-12-1-4-16(22)5-2-12/h1-8H,10-11H2. The van der Waals surface area contributed by atoms with Crippen molar-refractivity contribution in [2.75, 3.05) is 5.75 Å². The van der Waals surface area contributed by atoms with E-state index >= 15 is 0 Å². The predicted octanol–water partition coefficient (Wildman–Crippen LogP) is 5.91. The van der Waals surface area contributed by atoms with Crippen LogP contribution in [0.2, 0.25) is 10.0 Å². The Morgan fingerprint density at radius 1 is 1.12 bits per heavy atom. The van der Waals surface area contributed by atoms with Crippen LogP contribution in [0.4, 0.5) is 4.39 Å². The molecule has 125 valence electrons. The molecule has 2 aromatic carbocycles. The van der Waals surface area contributed by atoms with Gasteiger partial charge < -0.3 is 0 Å². The van der Waals surface area contributed by atoms with Crippen molar-refractivity contribution in [3.05, 3.63) is 81.3 Å². The Kier molecular flexibility index (Phi) is 4.59. The summed E-state index contributed by atoms with van der Waals surface area (Å²) in [5.41, 5.74) is 4.85. The third kappa shape index (κ3) is 3.34. The summed E-state index contributed by atoms with van der Waals surface area (Å²) in [6, 6.07) is 11.8. The summed E-state index contributed by atoms with van der Waals surface area (Å²) in [4.78, 5) is 0. The predicted molar refractivity (Wildman–Crippen MR) is 103 cm³/mol. The van der Waals surface area contributed by atoms with Crippen molar-refractivity contribution in [2.45, 2.75) is 5.75 Å². The number of benzene rings is 2. The smallest absolute Gasteiger partial charge is 0.123 e. The van der Waals surface area contributed by atoms with Gasteiger partial charge in [0.15, 0.2) is 0 Å². The molecule has 0 aliphatic carbocycles. The summed E-state index contributed by atoms with van der Waals surface area (Å²) in [5.74, 6) is 1.45. The lowest BCUT2D eigenvalue weighted by Crippen LogP contribution is -2.08. The first-order valence-corrected chi connectivity index (χ1v) is 9.52. The zero-order chi connectivity index (χ0) is 17.4. The van der Waals surface area contributed by atoms with Gasteiger partial charge in [0.25, 0.3) is 0 Å². The maximum atomic E-state index is 13.1. The summed E-state index contributed by atoms with van der Waals surface area (Å²) in [5, 5.41) is 5.53. The molecular weight excluding hydrogens is 378 g/mol. The average molecular weight is 390 g/mol. The van der Waals surface area contributed by atoms with E-state index in [-0.39, 0.29) is 5.82 Å². The molecule has 0 fully saturated rings. The number of halogens is 3. The summed E-state index contributed by atoms with van der Waals surface area (Å²) in [7, 11) is 0. The van der Waals surface area contributed by atoms with Crippen LogP contribution in [0.3, 0.4) is 0 Å². The number of fused-ring (bicyclic) bond motifs is 1. The van der Waals surface area contributed by atoms with Gasteiger partial charge in [0.2, 0.25) is 0 Å². The van der Waals surface area contributed by atoms with E-state index in [1.165, 1.54) is 12.1 Å². The zero-order valence-corrected chi connectivity index (χ0v) is 15.3. The fourth-order valence-corrected chi connectivity index (χ4v) is 4.24. The minimum atomic E-state index is -0.243. The molecule has 0 unspecified atom stereocenters. The van der Waals surface area contributed by atoms with Crippen molar-refractivity contribution in [3.63, 3.8) is 0 Å². The minimum absolute atomic E-state index is 0.243. The maximum absolute atomic E-state index is 13.1. The van der Waals surface area contributed by atoms with Crippen molar-refractivity contribution in [1.29, 1.82) is 0 Å². The molecule has 0 saturated heterocycles. The van der Waals surface area contributed by atoms with Crippen LogP contribution in [0.25, 0.3) is 17.3 Å². The van der Waals surface area contributed by atoms with E-state index in [1.807, 2.05) is 10.7 Å². The molecule has 0 bridgehead atoms. The monoisotopic (exact) mass is 389 g/mol. The molecular formula is C19H12Cl2FN2S. The fourth-order valence-electron chi connectivity index (χ4n) is 2.80. The molecule has 6 heteroatoms. The Morgan fingerprint density at radius 2 is 1.92 bits per heavy atom. The molecule has 0 N–H and O–H groups in total. The summed E-state index contributed by atoms with van der Waals surface area (Å²) in [6.45, 7) is 0. The van der Waals surface area contributed by atoms with Crippen LogP contribution < -0.4 is 0 Å². The molecule has 0 spiro atoms. The van der Waals surface area contributed by atoms with Crippen molar-refractivity contribution in [2.24, 2.45) is 0 Å². The highest BCUT2D eigenvalue weighted by Gasteiger charge is 2.22. The molecule has 1 aliphatic heterocycles. The van der Waals surface area contributed by atoms with Gasteiger partial charge in [-0.2, -0.15) is 16.9 Å². The van der Waals surface area contributed by atoms with Gasteiger partial charge in [-0.3, -0.25) is 0 Å². The largest absolute Gasteiger partial charge is 0.231 e. The quantitative estimate of drug-likeness (QED) is 0.542. The van der Waals surface area contributed by atoms with Crippen LogP contribution in [0.5, 0.6) is 0 Å². The molecule has 0 amide bonds. The van der Waals surface area contributed by atoms with E-state index in [0.717, 1.165) is 39.6 Å². The Balaban J connectivity index is 1.83. The van der Waals surface area contributed by atoms with Gasteiger partial charge in [-0.05, 0) is 47.5 Å². The van der Waals surface area contributed by atoms with Crippen LogP contribution in [0, 0.1) is 12.0 Å². The Hall–Kier alpha value is -1.75. The van der Waals surface area contributed by atoms with Crippen LogP contribution in [-0.4, -0.2) is 15.5 Å². The van der Waals surface area contributed by atoms with Gasteiger partial charge >= 0.3 is 0 Å². The lowest BCUT2D eigenvalue weighted by Gasteiger charge is -2.18. The average Bonchev–Trinajstić information content (AvgIpc) is 3.02. The van der Waals surface area contributed by atoms with E-state index in [2.05, 4.69) is 17.4 Å². The van der Waals surface area contributed by atoms with E-state index in [4.69, 9.17) is 23.2 Å². The summed E-state index contributed by atoms with van der Waals surface area (Å²) in [6.07, 6.45) is 5.15. The number of hydrogen-bond acceptors (Lipinski definition) is 2. The molecule has 1 radical (unpaired) electrons. The number of thioether (sulfide) groups is 1. The third-order valence-corrected chi connectivity index (χ3v) is 5.49. The molecule has 3 aromatic rings. The van der Waals surface area contributed by atoms with Gasteiger partial charge in [-0.25, -0.2) is 9.07 Å². The minimum Gasteiger partial charge on any atom is -0.231 e. The number of aromatic nitrogens is 2. The third-order valence-electron chi connectivity index (χ3n) is 3.94. The summed E-state index contributed by atoms with van der Waals surface area (Å²) < 4.78 is 15.0. The number of hydrogen-bond donors (Lipinski definition) is 0. The van der Waals surface area contributed by atoms with Gasteiger partial charge in [-0.1, -0.05) is 35.3 Å². The number of rotatable bonds is 2. The lowest BCUT2D eigenvalue weighted by molar-refractivity contribution is 0.628. The van der Waals surface area contributed by atoms with Crippen LogP contribution in [-0.2, 0) is 5.75 Å². The highest BCUT2D eigenvalue weighted by atomic mass is 35.5. The second-order valence-corrected chi connectivity index (χ2v) is 7.49. The fraction of sp³-hybridized carbons (Fsp3) is 0.105. The van der Waals surface area contributed by atoms with E-state index in [1.54, 1.807) is 36.0 Å². The molecule has 0 saturated carbocycles. The Labute approximate surface area is 159 Å². The lowest BCUT2D eigenvalue weighted by atomic mass is 10.1. The normalized spacial score (nSPS) is 15.4. The highest BCUT2D eigenvalue weighted by molar-refractivity contribution is 7.99. The maximum Gasteiger partial charge on any atom is 0.123 e. The first kappa shape index (κ1) is 16.7. The highest BCUT2D eigenvalue weighted by Crippen LogP contribution is 2.36. The molecule has 1 aromatic heterocycles. The van der Waals surface area contributed by atoms with E-state index in [0.29, 0.717) is 10.0 Å². The van der Waals surface area contributed by atoms with Gasteiger partial charge in [-0.15, -0.1) is 0 Å². The van der Waals surface area contributed by atoms with Crippen molar-refractivity contribution in [1.82, 2.24) is 9.78 Å².